The van der Waals surface area contributed by atoms with Crippen molar-refractivity contribution >= 4 is 0 Å². The molecule has 0 spiro atoms. The minimum Gasteiger partial charge on any atom is -0.453 e. The second kappa shape index (κ2) is 5.60. The average Bonchev–Trinajstić information content (AvgIpc) is 2.36. The van der Waals surface area contributed by atoms with Crippen LogP contribution in [0.15, 0.2) is 36.5 Å². The first-order valence-corrected chi connectivity index (χ1v) is 5.78. The monoisotopic (exact) mass is 246 g/mol. The van der Waals surface area contributed by atoms with Gasteiger partial charge in [-0.05, 0) is 49.7 Å². The summed E-state index contributed by atoms with van der Waals surface area (Å²) in [5.41, 5.74) is 7.18. The molecule has 0 amide bonds. The molecule has 0 fully saturated rings. The first-order chi connectivity index (χ1) is 8.69. The first-order valence-electron chi connectivity index (χ1n) is 5.78. The second-order valence-corrected chi connectivity index (χ2v) is 4.04. The van der Waals surface area contributed by atoms with Crippen molar-refractivity contribution in [3.8, 4) is 11.5 Å². The number of hydrogen-bond acceptors (Lipinski definition) is 3. The highest BCUT2D eigenvalue weighted by atomic mass is 19.1. The highest BCUT2D eigenvalue weighted by Gasteiger charge is 2.06. The second-order valence-electron chi connectivity index (χ2n) is 4.04. The van der Waals surface area contributed by atoms with Gasteiger partial charge in [-0.1, -0.05) is 6.07 Å². The smallest absolute Gasteiger partial charge is 0.165 e. The minimum atomic E-state index is -0.387. The number of nitrogens with two attached hydrogens (primary N) is 1. The molecule has 0 saturated carbocycles. The van der Waals surface area contributed by atoms with Crippen molar-refractivity contribution in [3.05, 3.63) is 53.6 Å². The Hall–Kier alpha value is -1.94. The predicted octanol–water partition coefficient (Wildman–Crippen LogP) is 2.82. The van der Waals surface area contributed by atoms with Crippen LogP contribution in [-0.4, -0.2) is 11.5 Å². The summed E-state index contributed by atoms with van der Waals surface area (Å²) in [6.45, 7) is 2.38. The van der Waals surface area contributed by atoms with E-state index >= 15 is 0 Å². The molecule has 0 aliphatic carbocycles. The van der Waals surface area contributed by atoms with E-state index in [1.807, 2.05) is 19.1 Å². The Balaban J connectivity index is 2.16. The van der Waals surface area contributed by atoms with Gasteiger partial charge in [0.25, 0.3) is 0 Å². The fraction of sp³-hybridized carbons (Fsp3) is 0.214. The zero-order valence-electron chi connectivity index (χ0n) is 10.2. The Labute approximate surface area is 105 Å². The van der Waals surface area contributed by atoms with Gasteiger partial charge in [0.2, 0.25) is 0 Å². The molecule has 0 unspecified atom stereocenters. The molecule has 2 rings (SSSR count). The maximum absolute atomic E-state index is 13.8. The molecule has 0 saturated heterocycles. The van der Waals surface area contributed by atoms with Crippen molar-refractivity contribution in [2.75, 3.05) is 6.54 Å². The molecule has 4 heteroatoms. The first kappa shape index (κ1) is 12.5. The highest BCUT2D eigenvalue weighted by Crippen LogP contribution is 2.24. The van der Waals surface area contributed by atoms with Crippen molar-refractivity contribution in [1.82, 2.24) is 4.98 Å². The lowest BCUT2D eigenvalue weighted by molar-refractivity contribution is 0.440. The van der Waals surface area contributed by atoms with E-state index in [2.05, 4.69) is 4.98 Å². The lowest BCUT2D eigenvalue weighted by Crippen LogP contribution is -2.03. The van der Waals surface area contributed by atoms with E-state index in [0.717, 1.165) is 11.3 Å². The number of aromatic nitrogens is 1. The van der Waals surface area contributed by atoms with Crippen molar-refractivity contribution in [1.29, 1.82) is 0 Å². The fourth-order valence-corrected chi connectivity index (χ4v) is 1.59. The predicted molar refractivity (Wildman–Crippen MR) is 68.2 cm³/mol. The van der Waals surface area contributed by atoms with Crippen molar-refractivity contribution in [3.63, 3.8) is 0 Å². The van der Waals surface area contributed by atoms with E-state index in [1.165, 1.54) is 6.07 Å². The summed E-state index contributed by atoms with van der Waals surface area (Å²) in [4.78, 5) is 4.09. The van der Waals surface area contributed by atoms with Crippen LogP contribution in [0.1, 0.15) is 11.3 Å². The summed E-state index contributed by atoms with van der Waals surface area (Å²) in [5.74, 6) is 0.328. The topological polar surface area (TPSA) is 48.1 Å². The van der Waals surface area contributed by atoms with E-state index in [4.69, 9.17) is 10.5 Å². The number of benzene rings is 1. The maximum Gasteiger partial charge on any atom is 0.165 e. The van der Waals surface area contributed by atoms with Crippen LogP contribution in [0, 0.1) is 12.7 Å². The molecule has 1 aromatic heterocycles. The number of halogens is 1. The van der Waals surface area contributed by atoms with E-state index < -0.39 is 0 Å². The number of aryl methyl sites for hydroxylation is 1. The Morgan fingerprint density at radius 2 is 2.11 bits per heavy atom. The van der Waals surface area contributed by atoms with Gasteiger partial charge in [0.15, 0.2) is 11.6 Å². The van der Waals surface area contributed by atoms with Gasteiger partial charge in [-0.2, -0.15) is 0 Å². The van der Waals surface area contributed by atoms with Gasteiger partial charge in [-0.3, -0.25) is 4.98 Å². The third-order valence-corrected chi connectivity index (χ3v) is 2.54. The molecule has 0 radical (unpaired) electrons. The number of ether oxygens (including phenoxy) is 1. The van der Waals surface area contributed by atoms with E-state index in [0.29, 0.717) is 18.7 Å². The van der Waals surface area contributed by atoms with Crippen LogP contribution in [0.2, 0.25) is 0 Å². The molecule has 2 aromatic rings. The van der Waals surface area contributed by atoms with Gasteiger partial charge in [0.05, 0.1) is 6.20 Å². The Bertz CT molecular complexity index is 526. The summed E-state index contributed by atoms with van der Waals surface area (Å²) in [6.07, 6.45) is 2.23. The molecular formula is C14H15FN2O. The molecule has 2 N–H and O–H groups in total. The molecule has 0 atom stereocenters. The molecule has 1 aromatic carbocycles. The number of nitrogens with zero attached hydrogens (tertiary/aromatic N) is 1. The van der Waals surface area contributed by atoms with Crippen LogP contribution in [0.4, 0.5) is 4.39 Å². The zero-order chi connectivity index (χ0) is 13.0. The molecular weight excluding hydrogens is 231 g/mol. The van der Waals surface area contributed by atoms with Crippen LogP contribution in [-0.2, 0) is 6.42 Å². The van der Waals surface area contributed by atoms with Crippen LogP contribution in [0.5, 0.6) is 11.5 Å². The molecule has 18 heavy (non-hydrogen) atoms. The number of hydrogen-bond donors (Lipinski definition) is 1. The van der Waals surface area contributed by atoms with Crippen LogP contribution in [0.3, 0.4) is 0 Å². The summed E-state index contributed by atoms with van der Waals surface area (Å²) < 4.78 is 19.2. The lowest BCUT2D eigenvalue weighted by atomic mass is 10.1. The molecule has 3 nitrogen and oxygen atoms in total. The van der Waals surface area contributed by atoms with Crippen molar-refractivity contribution in [2.24, 2.45) is 5.73 Å². The summed E-state index contributed by atoms with van der Waals surface area (Å²) >= 11 is 0. The van der Waals surface area contributed by atoms with Gasteiger partial charge in [0, 0.05) is 5.69 Å². The quantitative estimate of drug-likeness (QED) is 0.902. The van der Waals surface area contributed by atoms with Crippen molar-refractivity contribution in [2.45, 2.75) is 13.3 Å². The Kier molecular flexibility index (Phi) is 3.89. The van der Waals surface area contributed by atoms with Gasteiger partial charge < -0.3 is 10.5 Å². The highest BCUT2D eigenvalue weighted by molar-refractivity contribution is 5.33. The van der Waals surface area contributed by atoms with Crippen LogP contribution >= 0.6 is 0 Å². The minimum absolute atomic E-state index is 0.196. The SMILES string of the molecule is Cc1ccc(Oc2ccc(CCN)cc2F)cn1. The molecule has 0 aliphatic heterocycles. The largest absolute Gasteiger partial charge is 0.453 e. The average molecular weight is 246 g/mol. The maximum atomic E-state index is 13.8. The van der Waals surface area contributed by atoms with Crippen molar-refractivity contribution < 1.29 is 9.13 Å². The van der Waals surface area contributed by atoms with E-state index in [-0.39, 0.29) is 11.6 Å². The van der Waals surface area contributed by atoms with Gasteiger partial charge in [0.1, 0.15) is 5.75 Å². The number of pyridine rings is 1. The van der Waals surface area contributed by atoms with Gasteiger partial charge >= 0.3 is 0 Å². The molecule has 0 bridgehead atoms. The van der Waals surface area contributed by atoms with E-state index in [9.17, 15) is 4.39 Å². The van der Waals surface area contributed by atoms with Crippen LogP contribution in [0.25, 0.3) is 0 Å². The lowest BCUT2D eigenvalue weighted by Gasteiger charge is -2.08. The Morgan fingerprint density at radius 1 is 1.28 bits per heavy atom. The summed E-state index contributed by atoms with van der Waals surface area (Å²) in [6, 6.07) is 8.45. The van der Waals surface area contributed by atoms with Crippen LogP contribution < -0.4 is 10.5 Å². The summed E-state index contributed by atoms with van der Waals surface area (Å²) in [7, 11) is 0. The third kappa shape index (κ3) is 3.05. The normalized spacial score (nSPS) is 10.4. The summed E-state index contributed by atoms with van der Waals surface area (Å²) in [5, 5.41) is 0. The molecule has 94 valence electrons. The fourth-order valence-electron chi connectivity index (χ4n) is 1.59. The number of rotatable bonds is 4. The Morgan fingerprint density at radius 3 is 2.72 bits per heavy atom. The van der Waals surface area contributed by atoms with Gasteiger partial charge in [-0.25, -0.2) is 4.39 Å². The standard InChI is InChI=1S/C14H15FN2O/c1-10-2-4-12(9-17-10)18-14-5-3-11(6-7-16)8-13(14)15/h2-5,8-9H,6-7,16H2,1H3. The zero-order valence-corrected chi connectivity index (χ0v) is 10.2. The third-order valence-electron chi connectivity index (χ3n) is 2.54. The molecule has 1 heterocycles. The van der Waals surface area contributed by atoms with Gasteiger partial charge in [-0.15, -0.1) is 0 Å². The van der Waals surface area contributed by atoms with E-state index in [1.54, 1.807) is 18.3 Å². The molecule has 0 aliphatic rings.